The van der Waals surface area contributed by atoms with Crippen molar-refractivity contribution in [3.8, 4) is 0 Å². The molecule has 0 radical (unpaired) electrons. The molecule has 0 unspecified atom stereocenters. The number of carbonyl (C=O) groups excluding carboxylic acids is 1. The number of benzene rings is 1. The normalized spacial score (nSPS) is 10.2. The maximum atomic E-state index is 12.1. The Morgan fingerprint density at radius 3 is 2.81 bits per heavy atom. The van der Waals surface area contributed by atoms with E-state index >= 15 is 0 Å². The largest absolute Gasteiger partial charge is 0.383 e. The third-order valence-corrected chi connectivity index (χ3v) is 2.71. The van der Waals surface area contributed by atoms with Crippen LogP contribution in [0, 0.1) is 6.92 Å². The van der Waals surface area contributed by atoms with Crippen molar-refractivity contribution in [2.75, 3.05) is 27.3 Å². The fourth-order valence-electron chi connectivity index (χ4n) is 1.38. The van der Waals surface area contributed by atoms with Gasteiger partial charge in [-0.05, 0) is 24.6 Å². The Labute approximate surface area is 102 Å². The topological polar surface area (TPSA) is 29.5 Å². The molecule has 0 bridgehead atoms. The van der Waals surface area contributed by atoms with E-state index in [1.165, 1.54) is 0 Å². The summed E-state index contributed by atoms with van der Waals surface area (Å²) < 4.78 is 4.94. The molecule has 0 heterocycles. The molecule has 0 aliphatic heterocycles. The number of thiol groups is 1. The molecule has 1 aromatic rings. The van der Waals surface area contributed by atoms with E-state index in [-0.39, 0.29) is 5.91 Å². The molecule has 16 heavy (non-hydrogen) atoms. The Morgan fingerprint density at radius 1 is 1.50 bits per heavy atom. The first-order valence-electron chi connectivity index (χ1n) is 5.10. The highest BCUT2D eigenvalue weighted by molar-refractivity contribution is 7.80. The van der Waals surface area contributed by atoms with E-state index in [1.807, 2.05) is 19.1 Å². The number of hydrogen-bond acceptors (Lipinski definition) is 3. The van der Waals surface area contributed by atoms with Gasteiger partial charge in [-0.15, -0.1) is 12.6 Å². The van der Waals surface area contributed by atoms with Crippen molar-refractivity contribution in [2.24, 2.45) is 0 Å². The maximum Gasteiger partial charge on any atom is 0.253 e. The fraction of sp³-hybridized carbons (Fsp3) is 0.417. The van der Waals surface area contributed by atoms with Gasteiger partial charge in [0, 0.05) is 31.2 Å². The lowest BCUT2D eigenvalue weighted by atomic mass is 10.1. The zero-order valence-electron chi connectivity index (χ0n) is 9.86. The van der Waals surface area contributed by atoms with Crippen LogP contribution in [0.25, 0.3) is 0 Å². The van der Waals surface area contributed by atoms with E-state index in [4.69, 9.17) is 4.74 Å². The summed E-state index contributed by atoms with van der Waals surface area (Å²) in [4.78, 5) is 14.5. The summed E-state index contributed by atoms with van der Waals surface area (Å²) >= 11 is 4.24. The van der Waals surface area contributed by atoms with Crippen LogP contribution in [0.15, 0.2) is 23.1 Å². The zero-order valence-corrected chi connectivity index (χ0v) is 10.8. The van der Waals surface area contributed by atoms with Crippen molar-refractivity contribution in [3.05, 3.63) is 29.3 Å². The van der Waals surface area contributed by atoms with Crippen LogP contribution in [-0.2, 0) is 4.74 Å². The van der Waals surface area contributed by atoms with Crippen LogP contribution in [0.1, 0.15) is 15.9 Å². The number of aryl methyl sites for hydroxylation is 1. The Kier molecular flexibility index (Phi) is 4.83. The highest BCUT2D eigenvalue weighted by Crippen LogP contribution is 2.15. The van der Waals surface area contributed by atoms with Crippen LogP contribution in [0.5, 0.6) is 0 Å². The van der Waals surface area contributed by atoms with E-state index in [9.17, 15) is 4.79 Å². The molecule has 1 amide bonds. The Morgan fingerprint density at radius 2 is 2.19 bits per heavy atom. The highest BCUT2D eigenvalue weighted by Gasteiger charge is 2.13. The maximum absolute atomic E-state index is 12.1. The SMILES string of the molecule is COCCN(C)C(=O)c1cc(S)ccc1C. The molecule has 0 spiro atoms. The summed E-state index contributed by atoms with van der Waals surface area (Å²) in [6.45, 7) is 3.05. The van der Waals surface area contributed by atoms with Gasteiger partial charge in [0.2, 0.25) is 0 Å². The number of likely N-dealkylation sites (N-methyl/N-ethyl adjacent to an activating group) is 1. The predicted molar refractivity (Wildman–Crippen MR) is 67.3 cm³/mol. The van der Waals surface area contributed by atoms with Crippen LogP contribution in [0.4, 0.5) is 0 Å². The standard InChI is InChI=1S/C12H17NO2S/c1-9-4-5-10(16)8-11(9)12(14)13(2)6-7-15-3/h4-5,8,16H,6-7H2,1-3H3. The number of hydrogen-bond donors (Lipinski definition) is 1. The van der Waals surface area contributed by atoms with Crippen molar-refractivity contribution in [1.29, 1.82) is 0 Å². The van der Waals surface area contributed by atoms with Gasteiger partial charge >= 0.3 is 0 Å². The predicted octanol–water partition coefficient (Wildman–Crippen LogP) is 2.00. The van der Waals surface area contributed by atoms with Gasteiger partial charge in [-0.1, -0.05) is 6.07 Å². The van der Waals surface area contributed by atoms with Gasteiger partial charge in [0.15, 0.2) is 0 Å². The van der Waals surface area contributed by atoms with E-state index in [1.54, 1.807) is 25.1 Å². The number of rotatable bonds is 4. The molecule has 0 atom stereocenters. The molecule has 88 valence electrons. The van der Waals surface area contributed by atoms with Crippen molar-refractivity contribution < 1.29 is 9.53 Å². The van der Waals surface area contributed by atoms with Gasteiger partial charge in [-0.3, -0.25) is 4.79 Å². The van der Waals surface area contributed by atoms with Gasteiger partial charge in [-0.25, -0.2) is 0 Å². The average molecular weight is 239 g/mol. The lowest BCUT2D eigenvalue weighted by Gasteiger charge is -2.18. The van der Waals surface area contributed by atoms with Crippen LogP contribution < -0.4 is 0 Å². The molecule has 1 rings (SSSR count). The summed E-state index contributed by atoms with van der Waals surface area (Å²) in [5.41, 5.74) is 1.66. The van der Waals surface area contributed by atoms with Crippen LogP contribution in [-0.4, -0.2) is 38.1 Å². The summed E-state index contributed by atoms with van der Waals surface area (Å²) in [6.07, 6.45) is 0. The first-order valence-corrected chi connectivity index (χ1v) is 5.55. The summed E-state index contributed by atoms with van der Waals surface area (Å²) in [5, 5.41) is 0. The molecule has 1 aromatic carbocycles. The third-order valence-electron chi connectivity index (χ3n) is 2.43. The molecule has 0 N–H and O–H groups in total. The number of amides is 1. The number of ether oxygens (including phenoxy) is 1. The Hall–Kier alpha value is -1.00. The zero-order chi connectivity index (χ0) is 12.1. The number of methoxy groups -OCH3 is 1. The van der Waals surface area contributed by atoms with Crippen LogP contribution in [0.2, 0.25) is 0 Å². The van der Waals surface area contributed by atoms with Crippen molar-refractivity contribution in [3.63, 3.8) is 0 Å². The summed E-state index contributed by atoms with van der Waals surface area (Å²) in [5.74, 6) is 0.00505. The van der Waals surface area contributed by atoms with E-state index in [2.05, 4.69) is 12.6 Å². The van der Waals surface area contributed by atoms with Gasteiger partial charge in [0.25, 0.3) is 5.91 Å². The number of nitrogens with zero attached hydrogens (tertiary/aromatic N) is 1. The minimum absolute atomic E-state index is 0.00505. The van der Waals surface area contributed by atoms with Crippen LogP contribution in [0.3, 0.4) is 0 Å². The Balaban J connectivity index is 2.83. The quantitative estimate of drug-likeness (QED) is 0.814. The van der Waals surface area contributed by atoms with Gasteiger partial charge in [-0.2, -0.15) is 0 Å². The van der Waals surface area contributed by atoms with Crippen molar-refractivity contribution in [1.82, 2.24) is 4.90 Å². The summed E-state index contributed by atoms with van der Waals surface area (Å²) in [6, 6.07) is 5.58. The molecule has 3 nitrogen and oxygen atoms in total. The molecule has 0 saturated carbocycles. The number of carbonyl (C=O) groups is 1. The lowest BCUT2D eigenvalue weighted by Crippen LogP contribution is -2.30. The molecule has 0 aromatic heterocycles. The fourth-order valence-corrected chi connectivity index (χ4v) is 1.58. The molecular formula is C12H17NO2S. The molecule has 0 saturated heterocycles. The van der Waals surface area contributed by atoms with Gasteiger partial charge in [0.05, 0.1) is 6.61 Å². The van der Waals surface area contributed by atoms with E-state index in [0.717, 1.165) is 10.5 Å². The second kappa shape index (κ2) is 5.92. The first-order chi connectivity index (χ1) is 7.56. The second-order valence-electron chi connectivity index (χ2n) is 3.72. The monoisotopic (exact) mass is 239 g/mol. The molecule has 4 heteroatoms. The minimum atomic E-state index is 0.00505. The average Bonchev–Trinajstić information content (AvgIpc) is 2.28. The summed E-state index contributed by atoms with van der Waals surface area (Å²) in [7, 11) is 3.39. The lowest BCUT2D eigenvalue weighted by molar-refractivity contribution is 0.0743. The van der Waals surface area contributed by atoms with E-state index in [0.29, 0.717) is 18.7 Å². The molecular weight excluding hydrogens is 222 g/mol. The minimum Gasteiger partial charge on any atom is -0.383 e. The van der Waals surface area contributed by atoms with Crippen molar-refractivity contribution in [2.45, 2.75) is 11.8 Å². The van der Waals surface area contributed by atoms with Crippen molar-refractivity contribution >= 4 is 18.5 Å². The third kappa shape index (κ3) is 3.25. The van der Waals surface area contributed by atoms with Gasteiger partial charge < -0.3 is 9.64 Å². The Bertz CT molecular complexity index is 379. The van der Waals surface area contributed by atoms with Crippen LogP contribution >= 0.6 is 12.6 Å². The molecule has 0 aliphatic rings. The highest BCUT2D eigenvalue weighted by atomic mass is 32.1. The molecule has 0 aliphatic carbocycles. The first kappa shape index (κ1) is 13.1. The van der Waals surface area contributed by atoms with Gasteiger partial charge in [0.1, 0.15) is 0 Å². The second-order valence-corrected chi connectivity index (χ2v) is 4.24. The molecule has 0 fully saturated rings. The smallest absolute Gasteiger partial charge is 0.253 e. The van der Waals surface area contributed by atoms with E-state index < -0.39 is 0 Å².